The summed E-state index contributed by atoms with van der Waals surface area (Å²) in [6, 6.07) is 4.05. The summed E-state index contributed by atoms with van der Waals surface area (Å²) in [5.74, 6) is -4.25. The Bertz CT molecular complexity index is 1070. The maximum Gasteiger partial charge on any atom is 0.326 e. The fourth-order valence-corrected chi connectivity index (χ4v) is 4.52. The van der Waals surface area contributed by atoms with E-state index in [-0.39, 0.29) is 19.1 Å². The molecular formula is C25H29F2N3O5. The molecule has 0 saturated heterocycles. The van der Waals surface area contributed by atoms with E-state index in [1.54, 1.807) is 0 Å². The number of pyridine rings is 1. The van der Waals surface area contributed by atoms with Crippen LogP contribution in [0.1, 0.15) is 53.7 Å². The number of hydrogen-bond acceptors (Lipinski definition) is 6. The first-order valence-electron chi connectivity index (χ1n) is 11.9. The van der Waals surface area contributed by atoms with E-state index in [0.717, 1.165) is 56.6 Å². The fourth-order valence-electron chi connectivity index (χ4n) is 4.52. The number of aliphatic carboxylic acids is 1. The lowest BCUT2D eigenvalue weighted by Gasteiger charge is -2.35. The second kappa shape index (κ2) is 11.0. The number of nitrogens with zero attached hydrogens (tertiary/aromatic N) is 1. The van der Waals surface area contributed by atoms with Crippen LogP contribution in [0, 0.1) is 17.6 Å². The molecule has 2 heterocycles. The van der Waals surface area contributed by atoms with E-state index in [1.807, 2.05) is 0 Å². The van der Waals surface area contributed by atoms with Gasteiger partial charge in [-0.15, -0.1) is 0 Å². The normalized spacial score (nSPS) is 19.7. The predicted octanol–water partition coefficient (Wildman–Crippen LogP) is 3.42. The number of amides is 1. The number of aromatic nitrogens is 1. The lowest BCUT2D eigenvalue weighted by molar-refractivity contribution is -0.140. The summed E-state index contributed by atoms with van der Waals surface area (Å²) >= 11 is 0. The van der Waals surface area contributed by atoms with Gasteiger partial charge in [0.05, 0.1) is 6.10 Å². The molecule has 1 saturated carbocycles. The number of phenols is 1. The highest BCUT2D eigenvalue weighted by atomic mass is 19.1. The Kier molecular flexibility index (Phi) is 7.80. The number of carboxylic acid groups (broad SMARTS) is 1. The highest BCUT2D eigenvalue weighted by molar-refractivity contribution is 5.97. The molecule has 1 aromatic carbocycles. The van der Waals surface area contributed by atoms with Gasteiger partial charge in [-0.2, -0.15) is 0 Å². The number of phenolic OH excluding ortho intramolecular Hbond substituents is 1. The Morgan fingerprint density at radius 3 is 2.69 bits per heavy atom. The maximum absolute atomic E-state index is 13.9. The number of carbonyl (C=O) groups is 2. The summed E-state index contributed by atoms with van der Waals surface area (Å²) in [6.45, 7) is 1.05. The summed E-state index contributed by atoms with van der Waals surface area (Å²) in [5, 5.41) is 24.0. The second-order valence-corrected chi connectivity index (χ2v) is 9.15. The molecule has 1 fully saturated rings. The number of nitrogens with one attached hydrogen (secondary N) is 2. The molecule has 2 aliphatic rings. The zero-order valence-corrected chi connectivity index (χ0v) is 19.2. The number of rotatable bonds is 10. The molecule has 188 valence electrons. The van der Waals surface area contributed by atoms with Gasteiger partial charge in [0.2, 0.25) is 0 Å². The highest BCUT2D eigenvalue weighted by Crippen LogP contribution is 2.34. The first-order valence-corrected chi connectivity index (χ1v) is 11.9. The van der Waals surface area contributed by atoms with E-state index in [1.165, 1.54) is 5.56 Å². The molecule has 8 nitrogen and oxygen atoms in total. The van der Waals surface area contributed by atoms with E-state index in [2.05, 4.69) is 22.8 Å². The molecule has 4 N–H and O–H groups in total. The van der Waals surface area contributed by atoms with Crippen LogP contribution in [0.4, 0.5) is 14.6 Å². The molecule has 1 aromatic heterocycles. The van der Waals surface area contributed by atoms with Crippen LogP contribution in [0.3, 0.4) is 0 Å². The van der Waals surface area contributed by atoms with Crippen LogP contribution in [-0.4, -0.2) is 52.4 Å². The monoisotopic (exact) mass is 489 g/mol. The van der Waals surface area contributed by atoms with Gasteiger partial charge in [0.1, 0.15) is 34.8 Å². The highest BCUT2D eigenvalue weighted by Gasteiger charge is 2.31. The van der Waals surface area contributed by atoms with Gasteiger partial charge >= 0.3 is 5.97 Å². The van der Waals surface area contributed by atoms with E-state index in [0.29, 0.717) is 18.1 Å². The SMILES string of the molecule is O=C(N[C@@H](CCO[C@H]1C[C@@H](CCc2ccc3c(n2)NCCC3)C1)C(=O)O)c1c(F)cc(O)cc1F. The zero-order chi connectivity index (χ0) is 24.9. The Labute approximate surface area is 201 Å². The molecule has 1 atom stereocenters. The molecule has 10 heteroatoms. The molecule has 4 rings (SSSR count). The number of anilines is 1. The number of hydrogen-bond donors (Lipinski definition) is 4. The largest absolute Gasteiger partial charge is 0.508 e. The Balaban J connectivity index is 1.18. The summed E-state index contributed by atoms with van der Waals surface area (Å²) in [4.78, 5) is 28.4. The standard InChI is InChI=1S/C25H29F2N3O5/c26-19-12-17(31)13-20(27)22(19)24(32)30-21(25(33)34)7-9-35-18-10-14(11-18)3-5-16-6-4-15-2-1-8-28-23(15)29-16/h4,6,12-14,18,21,31H,1-3,5,7-11H2,(H,28,29)(H,30,32)(H,33,34)/t14-,18+,21-/m0/s1. The summed E-state index contributed by atoms with van der Waals surface area (Å²) in [5.41, 5.74) is 1.40. The average molecular weight is 490 g/mol. The lowest BCUT2D eigenvalue weighted by Crippen LogP contribution is -2.42. The van der Waals surface area contributed by atoms with Crippen LogP contribution in [0.5, 0.6) is 5.75 Å². The molecule has 0 spiro atoms. The molecular weight excluding hydrogens is 460 g/mol. The molecule has 1 amide bonds. The van der Waals surface area contributed by atoms with Crippen molar-refractivity contribution in [1.29, 1.82) is 0 Å². The molecule has 1 aliphatic heterocycles. The first-order chi connectivity index (χ1) is 16.8. The number of carboxylic acids is 1. The lowest BCUT2D eigenvalue weighted by atomic mass is 9.79. The van der Waals surface area contributed by atoms with Crippen LogP contribution in [0.15, 0.2) is 24.3 Å². The van der Waals surface area contributed by atoms with Gasteiger partial charge in [0.25, 0.3) is 5.91 Å². The summed E-state index contributed by atoms with van der Waals surface area (Å²) in [7, 11) is 0. The van der Waals surface area contributed by atoms with Crippen molar-refractivity contribution in [3.63, 3.8) is 0 Å². The van der Waals surface area contributed by atoms with Crippen molar-refractivity contribution in [2.75, 3.05) is 18.5 Å². The van der Waals surface area contributed by atoms with Crippen LogP contribution < -0.4 is 10.6 Å². The molecule has 2 aromatic rings. The Hall–Kier alpha value is -3.27. The van der Waals surface area contributed by atoms with E-state index in [9.17, 15) is 28.6 Å². The summed E-state index contributed by atoms with van der Waals surface area (Å²) in [6.07, 6.45) is 5.81. The third kappa shape index (κ3) is 6.25. The number of ether oxygens (including phenoxy) is 1. The number of halogens is 2. The van der Waals surface area contributed by atoms with E-state index in [4.69, 9.17) is 9.72 Å². The number of aryl methyl sites for hydroxylation is 2. The van der Waals surface area contributed by atoms with Crippen molar-refractivity contribution >= 4 is 17.7 Å². The van der Waals surface area contributed by atoms with Crippen molar-refractivity contribution < 1.29 is 33.3 Å². The molecule has 0 unspecified atom stereocenters. The van der Waals surface area contributed by atoms with Gasteiger partial charge in [0, 0.05) is 37.4 Å². The van der Waals surface area contributed by atoms with Crippen LogP contribution in [0.25, 0.3) is 0 Å². The van der Waals surface area contributed by atoms with Gasteiger partial charge in [-0.1, -0.05) is 6.07 Å². The minimum atomic E-state index is -1.37. The van der Waals surface area contributed by atoms with Gasteiger partial charge in [-0.25, -0.2) is 18.6 Å². The fraction of sp³-hybridized carbons (Fsp3) is 0.480. The topological polar surface area (TPSA) is 121 Å². The third-order valence-corrected chi connectivity index (χ3v) is 6.57. The van der Waals surface area contributed by atoms with Gasteiger partial charge < -0.3 is 25.6 Å². The zero-order valence-electron chi connectivity index (χ0n) is 19.2. The van der Waals surface area contributed by atoms with Crippen LogP contribution in [-0.2, 0) is 22.4 Å². The average Bonchev–Trinajstić information content (AvgIpc) is 2.78. The van der Waals surface area contributed by atoms with Crippen molar-refractivity contribution in [2.45, 2.75) is 57.1 Å². The maximum atomic E-state index is 13.9. The van der Waals surface area contributed by atoms with Gasteiger partial charge in [-0.05, 0) is 56.1 Å². The first kappa shape index (κ1) is 24.8. The smallest absolute Gasteiger partial charge is 0.326 e. The molecule has 0 radical (unpaired) electrons. The minimum absolute atomic E-state index is 0.0234. The van der Waals surface area contributed by atoms with Gasteiger partial charge in [-0.3, -0.25) is 4.79 Å². The second-order valence-electron chi connectivity index (χ2n) is 9.15. The van der Waals surface area contributed by atoms with Crippen molar-refractivity contribution in [3.8, 4) is 5.75 Å². The van der Waals surface area contributed by atoms with Crippen molar-refractivity contribution in [2.24, 2.45) is 5.92 Å². The summed E-state index contributed by atoms with van der Waals surface area (Å²) < 4.78 is 33.5. The predicted molar refractivity (Wildman–Crippen MR) is 123 cm³/mol. The molecule has 0 bridgehead atoms. The third-order valence-electron chi connectivity index (χ3n) is 6.57. The Morgan fingerprint density at radius 1 is 1.23 bits per heavy atom. The van der Waals surface area contributed by atoms with Crippen molar-refractivity contribution in [3.05, 3.63) is 52.7 Å². The Morgan fingerprint density at radius 2 is 1.97 bits per heavy atom. The number of carbonyl (C=O) groups excluding carboxylic acids is 1. The van der Waals surface area contributed by atoms with Crippen LogP contribution >= 0.6 is 0 Å². The number of benzene rings is 1. The van der Waals surface area contributed by atoms with E-state index < -0.39 is 40.9 Å². The van der Waals surface area contributed by atoms with Crippen molar-refractivity contribution in [1.82, 2.24) is 10.3 Å². The number of fused-ring (bicyclic) bond motifs is 1. The van der Waals surface area contributed by atoms with Crippen LogP contribution in [0.2, 0.25) is 0 Å². The van der Waals surface area contributed by atoms with E-state index >= 15 is 0 Å². The molecule has 35 heavy (non-hydrogen) atoms. The molecule has 1 aliphatic carbocycles. The minimum Gasteiger partial charge on any atom is -0.508 e. The van der Waals surface area contributed by atoms with Gasteiger partial charge in [0.15, 0.2) is 0 Å². The quantitative estimate of drug-likeness (QED) is 0.404. The number of aromatic hydroxyl groups is 1.